The van der Waals surface area contributed by atoms with Crippen molar-refractivity contribution in [3.63, 3.8) is 0 Å². The second-order valence-corrected chi connectivity index (χ2v) is 4.19. The summed E-state index contributed by atoms with van der Waals surface area (Å²) < 4.78 is 5.62. The minimum absolute atomic E-state index is 0.143. The molecule has 2 rings (SSSR count). The first-order valence-electron chi connectivity index (χ1n) is 6.30. The number of aryl methyl sites for hydroxylation is 1. The molecule has 2 aromatic rings. The summed E-state index contributed by atoms with van der Waals surface area (Å²) in [6.07, 6.45) is 5.05. The Kier molecular flexibility index (Phi) is 4.49. The molecular weight excluding hydrogens is 256 g/mol. The maximum absolute atomic E-state index is 8.71. The van der Waals surface area contributed by atoms with Gasteiger partial charge in [0, 0.05) is 12.4 Å². The van der Waals surface area contributed by atoms with Gasteiger partial charge in [0.2, 0.25) is 5.88 Å². The first-order chi connectivity index (χ1) is 9.74. The molecule has 0 saturated heterocycles. The maximum Gasteiger partial charge on any atom is 0.249 e. The van der Waals surface area contributed by atoms with E-state index in [1.54, 1.807) is 0 Å². The van der Waals surface area contributed by atoms with Crippen molar-refractivity contribution in [2.45, 2.75) is 19.8 Å². The molecule has 0 fully saturated rings. The quantitative estimate of drug-likeness (QED) is 0.377. The number of nitrogens with two attached hydrogens (primary N) is 1. The van der Waals surface area contributed by atoms with Crippen molar-refractivity contribution < 1.29 is 9.94 Å². The van der Waals surface area contributed by atoms with Crippen LogP contribution in [0.2, 0.25) is 0 Å². The van der Waals surface area contributed by atoms with Crippen LogP contribution in [0.25, 0.3) is 0 Å². The molecule has 20 heavy (non-hydrogen) atoms. The van der Waals surface area contributed by atoms with E-state index >= 15 is 0 Å². The highest BCUT2D eigenvalue weighted by atomic mass is 16.5. The van der Waals surface area contributed by atoms with Crippen LogP contribution in [0.4, 0.5) is 0 Å². The van der Waals surface area contributed by atoms with Gasteiger partial charge in [0.05, 0.1) is 0 Å². The molecule has 104 valence electrons. The van der Waals surface area contributed by atoms with Crippen LogP contribution in [0.3, 0.4) is 0 Å². The van der Waals surface area contributed by atoms with Gasteiger partial charge in [0.25, 0.3) is 0 Å². The van der Waals surface area contributed by atoms with E-state index in [1.807, 2.05) is 24.3 Å². The SMILES string of the molecule is CCCc1ccc(Oc2nccnc2C(N)=NO)cc1. The number of ether oxygens (including phenoxy) is 1. The molecule has 0 aliphatic rings. The second kappa shape index (κ2) is 6.51. The molecule has 0 saturated carbocycles. The summed E-state index contributed by atoms with van der Waals surface area (Å²) in [7, 11) is 0. The summed E-state index contributed by atoms with van der Waals surface area (Å²) in [5.41, 5.74) is 6.98. The maximum atomic E-state index is 8.71. The van der Waals surface area contributed by atoms with Crippen LogP contribution in [0.5, 0.6) is 11.6 Å². The number of hydrogen-bond acceptors (Lipinski definition) is 5. The molecule has 0 aliphatic carbocycles. The minimum atomic E-state index is -0.143. The number of benzene rings is 1. The highest BCUT2D eigenvalue weighted by molar-refractivity contribution is 5.97. The predicted octanol–water partition coefficient (Wildman–Crippen LogP) is 2.32. The largest absolute Gasteiger partial charge is 0.437 e. The lowest BCUT2D eigenvalue weighted by molar-refractivity contribution is 0.318. The lowest BCUT2D eigenvalue weighted by atomic mass is 10.1. The van der Waals surface area contributed by atoms with Gasteiger partial charge < -0.3 is 15.7 Å². The van der Waals surface area contributed by atoms with E-state index in [0.29, 0.717) is 5.75 Å². The van der Waals surface area contributed by atoms with E-state index in [1.165, 1.54) is 18.0 Å². The third kappa shape index (κ3) is 3.23. The number of nitrogens with zero attached hydrogens (tertiary/aromatic N) is 3. The van der Waals surface area contributed by atoms with E-state index in [9.17, 15) is 0 Å². The van der Waals surface area contributed by atoms with Crippen LogP contribution < -0.4 is 10.5 Å². The van der Waals surface area contributed by atoms with Gasteiger partial charge in [-0.2, -0.15) is 0 Å². The van der Waals surface area contributed by atoms with Gasteiger partial charge in [-0.15, -0.1) is 0 Å². The van der Waals surface area contributed by atoms with Crippen molar-refractivity contribution in [1.82, 2.24) is 9.97 Å². The Hall–Kier alpha value is -2.63. The monoisotopic (exact) mass is 272 g/mol. The molecule has 1 heterocycles. The molecule has 1 aromatic carbocycles. The number of aromatic nitrogens is 2. The summed E-state index contributed by atoms with van der Waals surface area (Å²) in [5.74, 6) is 0.680. The van der Waals surface area contributed by atoms with Crippen LogP contribution in [0.15, 0.2) is 41.8 Å². The standard InChI is InChI=1S/C14H16N4O2/c1-2-3-10-4-6-11(7-5-10)20-14-12(13(15)18-19)16-8-9-17-14/h4-9,19H,2-3H2,1H3,(H2,15,18). The zero-order valence-corrected chi connectivity index (χ0v) is 11.2. The zero-order chi connectivity index (χ0) is 14.4. The van der Waals surface area contributed by atoms with Crippen LogP contribution >= 0.6 is 0 Å². The molecule has 1 aromatic heterocycles. The average Bonchev–Trinajstić information content (AvgIpc) is 2.49. The van der Waals surface area contributed by atoms with Gasteiger partial charge in [-0.05, 0) is 24.1 Å². The van der Waals surface area contributed by atoms with Crippen molar-refractivity contribution in [3.05, 3.63) is 47.9 Å². The Bertz CT molecular complexity index is 596. The highest BCUT2D eigenvalue weighted by Crippen LogP contribution is 2.22. The van der Waals surface area contributed by atoms with Gasteiger partial charge in [-0.3, -0.25) is 0 Å². The van der Waals surface area contributed by atoms with E-state index in [0.717, 1.165) is 12.8 Å². The third-order valence-electron chi connectivity index (χ3n) is 2.69. The molecule has 0 aliphatic heterocycles. The number of rotatable bonds is 5. The Morgan fingerprint density at radius 1 is 1.25 bits per heavy atom. The molecule has 6 heteroatoms. The molecule has 0 bridgehead atoms. The first kappa shape index (κ1) is 13.8. The van der Waals surface area contributed by atoms with Crippen LogP contribution in [0.1, 0.15) is 24.6 Å². The van der Waals surface area contributed by atoms with E-state index < -0.39 is 0 Å². The smallest absolute Gasteiger partial charge is 0.249 e. The molecular formula is C14H16N4O2. The van der Waals surface area contributed by atoms with E-state index in [2.05, 4.69) is 22.0 Å². The fourth-order valence-corrected chi connectivity index (χ4v) is 1.75. The van der Waals surface area contributed by atoms with Crippen LogP contribution in [0, 0.1) is 0 Å². The third-order valence-corrected chi connectivity index (χ3v) is 2.69. The molecule has 6 nitrogen and oxygen atoms in total. The number of hydrogen-bond donors (Lipinski definition) is 2. The summed E-state index contributed by atoms with van der Waals surface area (Å²) in [4.78, 5) is 8.03. The van der Waals surface area contributed by atoms with Crippen molar-refractivity contribution in [2.24, 2.45) is 10.9 Å². The summed E-state index contributed by atoms with van der Waals surface area (Å²) in [6, 6.07) is 7.71. The normalized spacial score (nSPS) is 11.3. The van der Waals surface area contributed by atoms with Crippen molar-refractivity contribution in [1.29, 1.82) is 0 Å². The van der Waals surface area contributed by atoms with Crippen molar-refractivity contribution in [3.8, 4) is 11.6 Å². The molecule has 3 N–H and O–H groups in total. The van der Waals surface area contributed by atoms with Gasteiger partial charge >= 0.3 is 0 Å². The number of amidine groups is 1. The van der Waals surface area contributed by atoms with Crippen molar-refractivity contribution >= 4 is 5.84 Å². The number of oxime groups is 1. The summed E-state index contributed by atoms with van der Waals surface area (Å²) in [6.45, 7) is 2.13. The first-order valence-corrected chi connectivity index (χ1v) is 6.30. The van der Waals surface area contributed by atoms with Crippen LogP contribution in [-0.4, -0.2) is 21.0 Å². The average molecular weight is 272 g/mol. The summed E-state index contributed by atoms with van der Waals surface area (Å²) in [5, 5.41) is 11.6. The predicted molar refractivity (Wildman–Crippen MR) is 75.1 cm³/mol. The fourth-order valence-electron chi connectivity index (χ4n) is 1.75. The molecule has 0 spiro atoms. The Balaban J connectivity index is 2.21. The zero-order valence-electron chi connectivity index (χ0n) is 11.2. The lowest BCUT2D eigenvalue weighted by Gasteiger charge is -2.08. The molecule has 0 amide bonds. The molecule has 0 atom stereocenters. The van der Waals surface area contributed by atoms with Crippen molar-refractivity contribution in [2.75, 3.05) is 0 Å². The second-order valence-electron chi connectivity index (χ2n) is 4.19. The summed E-state index contributed by atoms with van der Waals surface area (Å²) >= 11 is 0. The minimum Gasteiger partial charge on any atom is -0.437 e. The highest BCUT2D eigenvalue weighted by Gasteiger charge is 2.12. The van der Waals surface area contributed by atoms with Gasteiger partial charge in [0.15, 0.2) is 11.5 Å². The van der Waals surface area contributed by atoms with Gasteiger partial charge in [-0.25, -0.2) is 9.97 Å². The van der Waals surface area contributed by atoms with E-state index in [4.69, 9.17) is 15.7 Å². The topological polar surface area (TPSA) is 93.6 Å². The molecule has 0 unspecified atom stereocenters. The van der Waals surface area contributed by atoms with Crippen LogP contribution in [-0.2, 0) is 6.42 Å². The lowest BCUT2D eigenvalue weighted by Crippen LogP contribution is -2.16. The Morgan fingerprint density at radius 2 is 1.95 bits per heavy atom. The Morgan fingerprint density at radius 3 is 2.60 bits per heavy atom. The van der Waals surface area contributed by atoms with E-state index in [-0.39, 0.29) is 17.4 Å². The van der Waals surface area contributed by atoms with Gasteiger partial charge in [-0.1, -0.05) is 30.6 Å². The molecule has 0 radical (unpaired) electrons. The Labute approximate surface area is 116 Å². The fraction of sp³-hybridized carbons (Fsp3) is 0.214. The van der Waals surface area contributed by atoms with Gasteiger partial charge in [0.1, 0.15) is 5.75 Å².